The molecule has 0 saturated carbocycles. The number of aromatic nitrogens is 3. The topological polar surface area (TPSA) is 54.3 Å². The van der Waals surface area contributed by atoms with Crippen LogP contribution in [-0.2, 0) is 13.0 Å². The van der Waals surface area contributed by atoms with E-state index in [-0.39, 0.29) is 0 Å². The van der Waals surface area contributed by atoms with Gasteiger partial charge in [0.05, 0.1) is 0 Å². The second-order valence-corrected chi connectivity index (χ2v) is 7.23. The molecule has 0 bridgehead atoms. The van der Waals surface area contributed by atoms with Crippen LogP contribution in [0.1, 0.15) is 41.7 Å². The predicted molar refractivity (Wildman–Crippen MR) is 102 cm³/mol. The lowest BCUT2D eigenvalue weighted by atomic mass is 9.97. The summed E-state index contributed by atoms with van der Waals surface area (Å²) in [5.74, 6) is 1.17. The summed E-state index contributed by atoms with van der Waals surface area (Å²) < 4.78 is 2.30. The molecule has 1 saturated heterocycles. The molecule has 0 N–H and O–H groups in total. The SMILES string of the molecule is O=C1CCCc2c1ccn2CCCCN1CCN(c2ncccn2)CC1. The third-order valence-electron chi connectivity index (χ3n) is 5.53. The van der Waals surface area contributed by atoms with Crippen LogP contribution in [-0.4, -0.2) is 57.9 Å². The van der Waals surface area contributed by atoms with Gasteiger partial charge in [0.2, 0.25) is 5.95 Å². The van der Waals surface area contributed by atoms with Gasteiger partial charge in [0, 0.05) is 69.0 Å². The highest BCUT2D eigenvalue weighted by Crippen LogP contribution is 2.22. The Kier molecular flexibility index (Phi) is 5.29. The van der Waals surface area contributed by atoms with Crippen molar-refractivity contribution < 1.29 is 4.79 Å². The lowest BCUT2D eigenvalue weighted by Gasteiger charge is -2.34. The number of carbonyl (C=O) groups is 1. The molecular weight excluding hydrogens is 326 g/mol. The van der Waals surface area contributed by atoms with E-state index < -0.39 is 0 Å². The summed E-state index contributed by atoms with van der Waals surface area (Å²) >= 11 is 0. The fourth-order valence-corrected chi connectivity index (χ4v) is 4.04. The maximum atomic E-state index is 11.9. The van der Waals surface area contributed by atoms with E-state index in [0.717, 1.165) is 76.5 Å². The molecule has 3 heterocycles. The summed E-state index contributed by atoms with van der Waals surface area (Å²) in [7, 11) is 0. The lowest BCUT2D eigenvalue weighted by molar-refractivity contribution is 0.0971. The molecule has 0 spiro atoms. The molecule has 1 aliphatic heterocycles. The minimum absolute atomic E-state index is 0.324. The number of carbonyl (C=O) groups excluding carboxylic acids is 1. The number of aryl methyl sites for hydroxylation is 1. The van der Waals surface area contributed by atoms with Gasteiger partial charge < -0.3 is 9.47 Å². The van der Waals surface area contributed by atoms with E-state index in [2.05, 4.69) is 30.5 Å². The van der Waals surface area contributed by atoms with Crippen LogP contribution in [0.2, 0.25) is 0 Å². The standard InChI is InChI=1S/C20H27N5O/c26-19-6-3-5-18-17(19)7-12-24(18)11-2-1-10-23-13-15-25(16-14-23)20-21-8-4-9-22-20/h4,7-9,12H,1-3,5-6,10-11,13-16H2. The van der Waals surface area contributed by atoms with E-state index in [0.29, 0.717) is 5.78 Å². The van der Waals surface area contributed by atoms with E-state index in [4.69, 9.17) is 0 Å². The first-order valence-corrected chi connectivity index (χ1v) is 9.77. The van der Waals surface area contributed by atoms with Gasteiger partial charge in [-0.2, -0.15) is 0 Å². The third-order valence-corrected chi connectivity index (χ3v) is 5.53. The van der Waals surface area contributed by atoms with Gasteiger partial charge in [0.25, 0.3) is 0 Å². The first-order chi connectivity index (χ1) is 12.8. The Bertz CT molecular complexity index is 734. The zero-order valence-corrected chi connectivity index (χ0v) is 15.3. The number of rotatable bonds is 6. The van der Waals surface area contributed by atoms with E-state index in [1.807, 2.05) is 24.5 Å². The Morgan fingerprint density at radius 3 is 2.54 bits per heavy atom. The van der Waals surface area contributed by atoms with Gasteiger partial charge in [0.1, 0.15) is 0 Å². The number of fused-ring (bicyclic) bond motifs is 1. The summed E-state index contributed by atoms with van der Waals surface area (Å²) in [5, 5.41) is 0. The van der Waals surface area contributed by atoms with Crippen LogP contribution >= 0.6 is 0 Å². The number of hydrogen-bond donors (Lipinski definition) is 0. The molecule has 2 aliphatic rings. The third kappa shape index (κ3) is 3.80. The van der Waals surface area contributed by atoms with E-state index in [1.54, 1.807) is 0 Å². The lowest BCUT2D eigenvalue weighted by Crippen LogP contribution is -2.47. The molecule has 26 heavy (non-hydrogen) atoms. The molecule has 6 heteroatoms. The van der Waals surface area contributed by atoms with Crippen LogP contribution in [0, 0.1) is 0 Å². The van der Waals surface area contributed by atoms with Crippen molar-refractivity contribution >= 4 is 11.7 Å². The molecule has 0 aromatic carbocycles. The normalized spacial score (nSPS) is 18.2. The molecule has 2 aromatic heterocycles. The molecule has 0 unspecified atom stereocenters. The number of Topliss-reactive ketones (excluding diaryl/α,β-unsaturated/α-hetero) is 1. The number of anilines is 1. The van der Waals surface area contributed by atoms with Crippen molar-refractivity contribution in [1.82, 2.24) is 19.4 Å². The molecule has 0 radical (unpaired) electrons. The van der Waals surface area contributed by atoms with Crippen molar-refractivity contribution in [3.05, 3.63) is 42.0 Å². The van der Waals surface area contributed by atoms with Crippen molar-refractivity contribution in [3.8, 4) is 0 Å². The number of hydrogen-bond acceptors (Lipinski definition) is 5. The highest BCUT2D eigenvalue weighted by molar-refractivity contribution is 5.98. The molecule has 0 atom stereocenters. The summed E-state index contributed by atoms with van der Waals surface area (Å²) in [6.45, 7) is 6.32. The fraction of sp³-hybridized carbons (Fsp3) is 0.550. The van der Waals surface area contributed by atoms with Gasteiger partial charge in [0.15, 0.2) is 5.78 Å². The van der Waals surface area contributed by atoms with Crippen LogP contribution in [0.15, 0.2) is 30.7 Å². The number of unbranched alkanes of at least 4 members (excludes halogenated alkanes) is 1. The maximum Gasteiger partial charge on any atom is 0.225 e. The van der Waals surface area contributed by atoms with Gasteiger partial charge in [-0.15, -0.1) is 0 Å². The Morgan fingerprint density at radius 1 is 0.962 bits per heavy atom. The van der Waals surface area contributed by atoms with Crippen molar-refractivity contribution in [1.29, 1.82) is 0 Å². The highest BCUT2D eigenvalue weighted by Gasteiger charge is 2.21. The summed E-state index contributed by atoms with van der Waals surface area (Å²) in [4.78, 5) is 25.4. The van der Waals surface area contributed by atoms with Gasteiger partial charge in [-0.3, -0.25) is 9.69 Å². The number of ketones is 1. The van der Waals surface area contributed by atoms with Crippen molar-refractivity contribution in [2.75, 3.05) is 37.6 Å². The smallest absolute Gasteiger partial charge is 0.225 e. The van der Waals surface area contributed by atoms with E-state index in [9.17, 15) is 4.79 Å². The first kappa shape index (κ1) is 17.2. The Hall–Kier alpha value is -2.21. The summed E-state index contributed by atoms with van der Waals surface area (Å²) in [6.07, 6.45) is 10.9. The average Bonchev–Trinajstić information content (AvgIpc) is 3.11. The second kappa shape index (κ2) is 7.99. The quantitative estimate of drug-likeness (QED) is 0.747. The predicted octanol–water partition coefficient (Wildman–Crippen LogP) is 2.40. The molecule has 138 valence electrons. The fourth-order valence-electron chi connectivity index (χ4n) is 4.04. The minimum Gasteiger partial charge on any atom is -0.351 e. The first-order valence-electron chi connectivity index (χ1n) is 9.77. The van der Waals surface area contributed by atoms with Gasteiger partial charge in [-0.25, -0.2) is 9.97 Å². The number of nitrogens with zero attached hydrogens (tertiary/aromatic N) is 5. The zero-order valence-electron chi connectivity index (χ0n) is 15.3. The van der Waals surface area contributed by atoms with Crippen LogP contribution in [0.25, 0.3) is 0 Å². The Balaban J connectivity index is 1.19. The van der Waals surface area contributed by atoms with Gasteiger partial charge in [-0.1, -0.05) is 0 Å². The molecule has 1 aliphatic carbocycles. The van der Waals surface area contributed by atoms with Crippen LogP contribution in [0.4, 0.5) is 5.95 Å². The summed E-state index contributed by atoms with van der Waals surface area (Å²) in [5.41, 5.74) is 2.23. The molecule has 4 rings (SSSR count). The monoisotopic (exact) mass is 353 g/mol. The van der Waals surface area contributed by atoms with Crippen LogP contribution in [0.5, 0.6) is 0 Å². The zero-order chi connectivity index (χ0) is 17.8. The molecule has 0 amide bonds. The number of piperazine rings is 1. The van der Waals surface area contributed by atoms with E-state index >= 15 is 0 Å². The maximum absolute atomic E-state index is 11.9. The minimum atomic E-state index is 0.324. The average molecular weight is 353 g/mol. The van der Waals surface area contributed by atoms with Crippen LogP contribution < -0.4 is 4.90 Å². The van der Waals surface area contributed by atoms with E-state index in [1.165, 1.54) is 12.1 Å². The van der Waals surface area contributed by atoms with Crippen molar-refractivity contribution in [2.24, 2.45) is 0 Å². The highest BCUT2D eigenvalue weighted by atomic mass is 16.1. The van der Waals surface area contributed by atoms with Crippen LogP contribution in [0.3, 0.4) is 0 Å². The Labute approximate surface area is 154 Å². The van der Waals surface area contributed by atoms with Gasteiger partial charge >= 0.3 is 0 Å². The van der Waals surface area contributed by atoms with Crippen molar-refractivity contribution in [2.45, 2.75) is 38.6 Å². The second-order valence-electron chi connectivity index (χ2n) is 7.23. The summed E-state index contributed by atoms with van der Waals surface area (Å²) in [6, 6.07) is 3.87. The van der Waals surface area contributed by atoms with Gasteiger partial charge in [-0.05, 0) is 44.4 Å². The Morgan fingerprint density at radius 2 is 1.73 bits per heavy atom. The molecule has 2 aromatic rings. The largest absolute Gasteiger partial charge is 0.351 e. The molecule has 1 fully saturated rings. The molecular formula is C20H27N5O. The van der Waals surface area contributed by atoms with Crippen molar-refractivity contribution in [3.63, 3.8) is 0 Å². The molecule has 6 nitrogen and oxygen atoms in total.